The second-order valence-corrected chi connectivity index (χ2v) is 18.6. The Morgan fingerprint density at radius 1 is 0.614 bits per heavy atom. The number of thioether (sulfide) groups is 1. The van der Waals surface area contributed by atoms with E-state index in [1.165, 1.54) is 101 Å². The van der Waals surface area contributed by atoms with Crippen LogP contribution < -0.4 is 9.80 Å². The summed E-state index contributed by atoms with van der Waals surface area (Å²) in [7, 11) is 0. The minimum atomic E-state index is 0.160. The lowest BCUT2D eigenvalue weighted by atomic mass is 9.67. The highest BCUT2D eigenvalue weighted by atomic mass is 32.2. The molecule has 7 aromatic rings. The van der Waals surface area contributed by atoms with Crippen LogP contribution in [0, 0.1) is 11.8 Å². The summed E-state index contributed by atoms with van der Waals surface area (Å²) in [5.74, 6) is 1.72. The van der Waals surface area contributed by atoms with Crippen molar-refractivity contribution in [3.05, 3.63) is 191 Å². The molecule has 0 bridgehead atoms. The van der Waals surface area contributed by atoms with Gasteiger partial charge in [0.25, 0.3) is 0 Å². The molecule has 57 heavy (non-hydrogen) atoms. The minimum absolute atomic E-state index is 0.160. The first-order chi connectivity index (χ1) is 28.2. The zero-order valence-electron chi connectivity index (χ0n) is 31.9. The molecule has 4 heteroatoms. The average molecular weight is 771 g/mol. The lowest BCUT2D eigenvalue weighted by Crippen LogP contribution is -2.31. The summed E-state index contributed by atoms with van der Waals surface area (Å²) in [6.07, 6.45) is 18.5. The van der Waals surface area contributed by atoms with Gasteiger partial charge in [0, 0.05) is 60.1 Å². The van der Waals surface area contributed by atoms with Crippen LogP contribution >= 0.6 is 23.1 Å². The van der Waals surface area contributed by atoms with Gasteiger partial charge in [0.15, 0.2) is 0 Å². The topological polar surface area (TPSA) is 6.48 Å². The summed E-state index contributed by atoms with van der Waals surface area (Å²) in [5, 5.41) is 3.31. The molecule has 5 unspecified atom stereocenters. The molecule has 2 heterocycles. The Morgan fingerprint density at radius 3 is 2.23 bits per heavy atom. The van der Waals surface area contributed by atoms with Crippen LogP contribution in [0.4, 0.5) is 28.4 Å². The van der Waals surface area contributed by atoms with Gasteiger partial charge in [-0.25, -0.2) is 0 Å². The Bertz CT molecular complexity index is 2860. The quantitative estimate of drug-likeness (QED) is 0.166. The largest absolute Gasteiger partial charge is 0.312 e. The van der Waals surface area contributed by atoms with Crippen molar-refractivity contribution in [1.29, 1.82) is 0 Å². The molecule has 0 radical (unpaired) electrons. The normalized spacial score (nSPS) is 22.4. The van der Waals surface area contributed by atoms with Crippen LogP contribution in [-0.2, 0) is 0 Å². The smallest absolute Gasteiger partial charge is 0.0637 e. The Kier molecular flexibility index (Phi) is 7.81. The average Bonchev–Trinajstić information content (AvgIpc) is 3.85. The summed E-state index contributed by atoms with van der Waals surface area (Å²) in [6.45, 7) is 2.48. The molecule has 0 saturated heterocycles. The van der Waals surface area contributed by atoms with Gasteiger partial charge < -0.3 is 9.80 Å². The maximum Gasteiger partial charge on any atom is 0.0637 e. The predicted octanol–water partition coefficient (Wildman–Crippen LogP) is 15.3. The van der Waals surface area contributed by atoms with E-state index in [1.807, 2.05) is 11.3 Å². The van der Waals surface area contributed by atoms with Crippen LogP contribution in [0.2, 0.25) is 0 Å². The standard InChI is InChI=1S/C53H42N2S2/c1-33-13-10-24-48-49(33)42-20-12-22-46(53(42)57-48)55(37-16-6-3-7-17-37)44-32-28-35-25-29-40-43(31-27-34-26-30-41(44)51(35)50(34)40)54(36-14-4-2-5-15-36)45-21-11-19-39-38-18-8-9-23-47(38)56-52(39)45/h2-9,11-12,14-23,25-33,40,48-50H,10,13,24H2,1H3. The summed E-state index contributed by atoms with van der Waals surface area (Å²) >= 11 is 4.05. The second kappa shape index (κ2) is 13.3. The van der Waals surface area contributed by atoms with Gasteiger partial charge in [0.1, 0.15) is 0 Å². The van der Waals surface area contributed by atoms with E-state index in [0.29, 0.717) is 11.2 Å². The molecule has 0 amide bonds. The molecule has 1 fully saturated rings. The number of thiophene rings is 1. The molecule has 6 aromatic carbocycles. The maximum atomic E-state index is 2.58. The minimum Gasteiger partial charge on any atom is -0.312 e. The Morgan fingerprint density at radius 2 is 1.37 bits per heavy atom. The van der Waals surface area contributed by atoms with Crippen molar-refractivity contribution < 1.29 is 0 Å². The SMILES string of the molecule is CC1CCCC2Sc3c(cccc3N(c3ccccc3)c3ccc4c5c3C=CC3=CC=C(N(c6ccccc6)c6cccc7c6sc6ccccc67)C(C=C4)C35)C12. The third kappa shape index (κ3) is 5.16. The van der Waals surface area contributed by atoms with Gasteiger partial charge in [0.2, 0.25) is 0 Å². The molecule has 4 aliphatic carbocycles. The van der Waals surface area contributed by atoms with Crippen LogP contribution in [0.15, 0.2) is 174 Å². The summed E-state index contributed by atoms with van der Waals surface area (Å²) in [4.78, 5) is 6.60. The molecular weight excluding hydrogens is 729 g/mol. The molecule has 5 aliphatic rings. The molecule has 1 saturated carbocycles. The van der Waals surface area contributed by atoms with Crippen LogP contribution in [0.3, 0.4) is 0 Å². The number of benzene rings is 6. The summed E-state index contributed by atoms with van der Waals surface area (Å²) in [5.41, 5.74) is 14.5. The lowest BCUT2D eigenvalue weighted by molar-refractivity contribution is 0.343. The molecule has 1 aliphatic heterocycles. The zero-order valence-corrected chi connectivity index (χ0v) is 33.5. The molecule has 0 N–H and O–H groups in total. The van der Waals surface area contributed by atoms with Gasteiger partial charge >= 0.3 is 0 Å². The molecule has 276 valence electrons. The van der Waals surface area contributed by atoms with Gasteiger partial charge in [-0.3, -0.25) is 0 Å². The lowest BCUT2D eigenvalue weighted by Gasteiger charge is -2.43. The molecule has 1 aromatic heterocycles. The first kappa shape index (κ1) is 33.6. The third-order valence-corrected chi connectivity index (χ3v) is 16.0. The number of allylic oxidation sites excluding steroid dienone is 5. The number of nitrogens with zero attached hydrogens (tertiary/aromatic N) is 2. The van der Waals surface area contributed by atoms with Crippen molar-refractivity contribution in [2.45, 2.75) is 48.2 Å². The van der Waals surface area contributed by atoms with E-state index in [0.717, 1.165) is 5.92 Å². The van der Waals surface area contributed by atoms with Crippen LogP contribution in [0.25, 0.3) is 32.3 Å². The van der Waals surface area contributed by atoms with Gasteiger partial charge in [-0.2, -0.15) is 0 Å². The van der Waals surface area contributed by atoms with Gasteiger partial charge in [-0.15, -0.1) is 23.1 Å². The first-order valence-corrected chi connectivity index (χ1v) is 22.3. The van der Waals surface area contributed by atoms with Gasteiger partial charge in [0.05, 0.1) is 21.8 Å². The van der Waals surface area contributed by atoms with E-state index in [1.54, 1.807) is 5.56 Å². The third-order valence-electron chi connectivity index (χ3n) is 13.2. The predicted molar refractivity (Wildman–Crippen MR) is 245 cm³/mol. The first-order valence-electron chi connectivity index (χ1n) is 20.6. The van der Waals surface area contributed by atoms with Gasteiger partial charge in [-0.05, 0) is 95.1 Å². The van der Waals surface area contributed by atoms with Gasteiger partial charge in [-0.1, -0.05) is 135 Å². The number of hydrogen-bond acceptors (Lipinski definition) is 4. The fourth-order valence-corrected chi connectivity index (χ4v) is 13.7. The highest BCUT2D eigenvalue weighted by Gasteiger charge is 2.43. The van der Waals surface area contributed by atoms with E-state index in [4.69, 9.17) is 0 Å². The number of anilines is 5. The molecule has 0 spiro atoms. The number of para-hydroxylation sites is 2. The Hall–Kier alpha value is -5.55. The van der Waals surface area contributed by atoms with Crippen molar-refractivity contribution in [2.24, 2.45) is 11.8 Å². The molecular formula is C53H42N2S2. The highest BCUT2D eigenvalue weighted by Crippen LogP contribution is 2.60. The number of fused-ring (bicyclic) bond motifs is 6. The number of hydrogen-bond donors (Lipinski definition) is 0. The molecule has 2 nitrogen and oxygen atoms in total. The van der Waals surface area contributed by atoms with Crippen LogP contribution in [-0.4, -0.2) is 5.25 Å². The Labute approximate surface area is 343 Å². The fourth-order valence-electron chi connectivity index (χ4n) is 10.8. The summed E-state index contributed by atoms with van der Waals surface area (Å²) < 4.78 is 2.65. The number of rotatable bonds is 6. The molecule has 12 rings (SSSR count). The van der Waals surface area contributed by atoms with Crippen molar-refractivity contribution in [2.75, 3.05) is 9.80 Å². The monoisotopic (exact) mass is 770 g/mol. The van der Waals surface area contributed by atoms with Crippen molar-refractivity contribution in [3.8, 4) is 0 Å². The second-order valence-electron chi connectivity index (χ2n) is 16.3. The Balaban J connectivity index is 1.02. The van der Waals surface area contributed by atoms with E-state index in [2.05, 4.69) is 198 Å². The van der Waals surface area contributed by atoms with Crippen molar-refractivity contribution in [1.82, 2.24) is 0 Å². The fraction of sp³-hybridized carbons (Fsp3) is 0.170. The van der Waals surface area contributed by atoms with Crippen LogP contribution in [0.1, 0.15) is 60.3 Å². The maximum absolute atomic E-state index is 2.58. The van der Waals surface area contributed by atoms with Crippen LogP contribution in [0.5, 0.6) is 0 Å². The van der Waals surface area contributed by atoms with E-state index < -0.39 is 0 Å². The van der Waals surface area contributed by atoms with E-state index in [-0.39, 0.29) is 11.8 Å². The summed E-state index contributed by atoms with van der Waals surface area (Å²) in [6, 6.07) is 49.7. The van der Waals surface area contributed by atoms with E-state index in [9.17, 15) is 0 Å². The van der Waals surface area contributed by atoms with E-state index >= 15 is 0 Å². The zero-order chi connectivity index (χ0) is 37.6. The van der Waals surface area contributed by atoms with Crippen molar-refractivity contribution in [3.63, 3.8) is 0 Å². The highest BCUT2D eigenvalue weighted by molar-refractivity contribution is 8.00. The van der Waals surface area contributed by atoms with Crippen molar-refractivity contribution >= 4 is 83.9 Å². The molecule has 5 atom stereocenters.